The van der Waals surface area contributed by atoms with Gasteiger partial charge >= 0.3 is 6.03 Å². The normalized spacial score (nSPS) is 15.3. The Bertz CT molecular complexity index is 500. The number of nitrogens with one attached hydrogen (secondary N) is 2. The zero-order valence-corrected chi connectivity index (χ0v) is 11.6. The molecule has 1 atom stereocenters. The zero-order chi connectivity index (χ0) is 13.8. The van der Waals surface area contributed by atoms with Crippen LogP contribution in [0.4, 0.5) is 10.5 Å². The number of rotatable bonds is 2. The van der Waals surface area contributed by atoms with Crippen molar-refractivity contribution in [2.24, 2.45) is 0 Å². The first-order valence-electron chi connectivity index (χ1n) is 6.44. The Morgan fingerprint density at radius 2 is 2.00 bits per heavy atom. The van der Waals surface area contributed by atoms with Gasteiger partial charge in [-0.1, -0.05) is 12.1 Å². The van der Waals surface area contributed by atoms with Crippen molar-refractivity contribution in [3.63, 3.8) is 0 Å². The maximum atomic E-state index is 11.7. The van der Waals surface area contributed by atoms with Gasteiger partial charge in [0.15, 0.2) is 0 Å². The molecule has 19 heavy (non-hydrogen) atoms. The molecule has 4 nitrogen and oxygen atoms in total. The fraction of sp³-hybridized carbons (Fsp3) is 0.429. The average Bonchev–Trinajstić information content (AvgIpc) is 2.39. The summed E-state index contributed by atoms with van der Waals surface area (Å²) in [6.07, 6.45) is 4.33. The largest absolute Gasteiger partial charge is 0.325 e. The van der Waals surface area contributed by atoms with Gasteiger partial charge in [-0.25, -0.2) is 4.79 Å². The van der Waals surface area contributed by atoms with Crippen molar-refractivity contribution >= 4 is 29.2 Å². The second-order valence-electron chi connectivity index (χ2n) is 4.71. The van der Waals surface area contributed by atoms with Crippen LogP contribution in [0.25, 0.3) is 0 Å². The van der Waals surface area contributed by atoms with Gasteiger partial charge in [0.25, 0.3) is 0 Å². The third-order valence-corrected chi connectivity index (χ3v) is 3.44. The van der Waals surface area contributed by atoms with E-state index in [1.807, 2.05) is 12.1 Å². The molecule has 0 aromatic heterocycles. The molecule has 0 heterocycles. The van der Waals surface area contributed by atoms with Crippen LogP contribution in [0.15, 0.2) is 18.2 Å². The molecular weight excluding hydrogens is 264 g/mol. The molecule has 2 N–H and O–H groups in total. The fourth-order valence-corrected chi connectivity index (χ4v) is 2.32. The maximum absolute atomic E-state index is 11.7. The van der Waals surface area contributed by atoms with Crippen LogP contribution in [0.3, 0.4) is 0 Å². The minimum Gasteiger partial charge on any atom is -0.307 e. The van der Waals surface area contributed by atoms with Gasteiger partial charge in [0.1, 0.15) is 5.38 Å². The number of carbonyl (C=O) groups excluding carboxylic acids is 2. The molecule has 3 amide bonds. The summed E-state index contributed by atoms with van der Waals surface area (Å²) in [5, 5.41) is 4.21. The van der Waals surface area contributed by atoms with Crippen LogP contribution < -0.4 is 10.6 Å². The minimum absolute atomic E-state index is 0.496. The van der Waals surface area contributed by atoms with Gasteiger partial charge in [0.2, 0.25) is 5.91 Å². The number of alkyl halides is 1. The van der Waals surface area contributed by atoms with Crippen molar-refractivity contribution in [2.75, 3.05) is 5.32 Å². The lowest BCUT2D eigenvalue weighted by atomic mass is 9.90. The lowest BCUT2D eigenvalue weighted by Gasteiger charge is -2.19. The van der Waals surface area contributed by atoms with Gasteiger partial charge < -0.3 is 5.32 Å². The number of imide groups is 1. The molecule has 5 heteroatoms. The molecular formula is C14H17ClN2O2. The van der Waals surface area contributed by atoms with E-state index >= 15 is 0 Å². The van der Waals surface area contributed by atoms with Gasteiger partial charge in [-0.2, -0.15) is 0 Å². The van der Waals surface area contributed by atoms with Crippen LogP contribution in [-0.4, -0.2) is 17.3 Å². The molecule has 102 valence electrons. The summed E-state index contributed by atoms with van der Waals surface area (Å²) in [5.74, 6) is -0.496. The summed E-state index contributed by atoms with van der Waals surface area (Å²) in [6, 6.07) is 5.34. The maximum Gasteiger partial charge on any atom is 0.325 e. The van der Waals surface area contributed by atoms with E-state index < -0.39 is 17.3 Å². The number of aryl methyl sites for hydroxylation is 1. The van der Waals surface area contributed by atoms with Crippen LogP contribution in [0.2, 0.25) is 0 Å². The Kier molecular flexibility index (Phi) is 4.43. The molecule has 0 spiro atoms. The number of hydrogen-bond acceptors (Lipinski definition) is 2. The van der Waals surface area contributed by atoms with Gasteiger partial charge in [-0.15, -0.1) is 11.6 Å². The van der Waals surface area contributed by atoms with Crippen LogP contribution in [-0.2, 0) is 17.6 Å². The van der Waals surface area contributed by atoms with Crippen molar-refractivity contribution in [1.29, 1.82) is 0 Å². The van der Waals surface area contributed by atoms with E-state index in [0.717, 1.165) is 24.9 Å². The number of fused-ring (bicyclic) bond motifs is 1. The third kappa shape index (κ3) is 3.47. The molecule has 1 aliphatic rings. The number of amides is 3. The third-order valence-electron chi connectivity index (χ3n) is 3.24. The molecule has 0 bridgehead atoms. The van der Waals surface area contributed by atoms with E-state index in [1.54, 1.807) is 0 Å². The number of carbonyl (C=O) groups is 2. The number of halogens is 1. The summed E-state index contributed by atoms with van der Waals surface area (Å²) in [6.45, 7) is 1.52. The highest BCUT2D eigenvalue weighted by atomic mass is 35.5. The Balaban J connectivity index is 2.07. The summed E-state index contributed by atoms with van der Waals surface area (Å²) in [4.78, 5) is 23.0. The van der Waals surface area contributed by atoms with Gasteiger partial charge in [0.05, 0.1) is 0 Å². The lowest BCUT2D eigenvalue weighted by Crippen LogP contribution is -2.38. The number of anilines is 1. The Morgan fingerprint density at radius 3 is 2.74 bits per heavy atom. The minimum atomic E-state index is -0.726. The van der Waals surface area contributed by atoms with E-state index in [-0.39, 0.29) is 0 Å². The second kappa shape index (κ2) is 6.06. The first kappa shape index (κ1) is 13.9. The fourth-order valence-electron chi connectivity index (χ4n) is 2.26. The predicted molar refractivity (Wildman–Crippen MR) is 75.6 cm³/mol. The second-order valence-corrected chi connectivity index (χ2v) is 5.36. The molecule has 1 aromatic rings. The van der Waals surface area contributed by atoms with Crippen molar-refractivity contribution in [3.8, 4) is 0 Å². The van der Waals surface area contributed by atoms with Crippen LogP contribution >= 0.6 is 11.6 Å². The highest BCUT2D eigenvalue weighted by Crippen LogP contribution is 2.27. The molecule has 1 unspecified atom stereocenters. The van der Waals surface area contributed by atoms with E-state index in [9.17, 15) is 9.59 Å². The van der Waals surface area contributed by atoms with Crippen molar-refractivity contribution in [2.45, 2.75) is 38.0 Å². The molecule has 0 saturated heterocycles. The predicted octanol–water partition coefficient (Wildman–Crippen LogP) is 2.84. The SMILES string of the molecule is CC(Cl)C(=O)NC(=O)Nc1cccc2c1CCCC2. The van der Waals surface area contributed by atoms with Gasteiger partial charge in [-0.3, -0.25) is 10.1 Å². The lowest BCUT2D eigenvalue weighted by molar-refractivity contribution is -0.119. The highest BCUT2D eigenvalue weighted by Gasteiger charge is 2.16. The average molecular weight is 281 g/mol. The molecule has 0 fully saturated rings. The zero-order valence-electron chi connectivity index (χ0n) is 10.8. The van der Waals surface area contributed by atoms with Crippen LogP contribution in [0.5, 0.6) is 0 Å². The Labute approximate surface area is 117 Å². The molecule has 1 aromatic carbocycles. The van der Waals surface area contributed by atoms with E-state index in [0.29, 0.717) is 0 Å². The van der Waals surface area contributed by atoms with Gasteiger partial charge in [0, 0.05) is 5.69 Å². The van der Waals surface area contributed by atoms with E-state index in [2.05, 4.69) is 16.7 Å². The van der Waals surface area contributed by atoms with Crippen molar-refractivity contribution in [3.05, 3.63) is 29.3 Å². The Hall–Kier alpha value is -1.55. The Morgan fingerprint density at radius 1 is 1.26 bits per heavy atom. The standard InChI is InChI=1S/C14H17ClN2O2/c1-9(15)13(18)17-14(19)16-12-8-4-6-10-5-2-3-7-11(10)12/h4,6,8-9H,2-3,5,7H2,1H3,(H2,16,17,18,19). The molecule has 0 aliphatic heterocycles. The summed E-state index contributed by atoms with van der Waals surface area (Å²) in [5.41, 5.74) is 3.24. The number of urea groups is 1. The van der Waals surface area contributed by atoms with Crippen LogP contribution in [0.1, 0.15) is 30.9 Å². The molecule has 0 saturated carbocycles. The number of hydrogen-bond donors (Lipinski definition) is 2. The van der Waals surface area contributed by atoms with Gasteiger partial charge in [-0.05, 0) is 49.8 Å². The molecule has 2 rings (SSSR count). The monoisotopic (exact) mass is 280 g/mol. The topological polar surface area (TPSA) is 58.2 Å². The first-order chi connectivity index (χ1) is 9.08. The highest BCUT2D eigenvalue weighted by molar-refractivity contribution is 6.31. The van der Waals surface area contributed by atoms with E-state index in [4.69, 9.17) is 11.6 Å². The molecule has 1 aliphatic carbocycles. The summed E-state index contributed by atoms with van der Waals surface area (Å²) >= 11 is 5.60. The first-order valence-corrected chi connectivity index (χ1v) is 6.88. The summed E-state index contributed by atoms with van der Waals surface area (Å²) in [7, 11) is 0. The molecule has 0 radical (unpaired) electrons. The summed E-state index contributed by atoms with van der Waals surface area (Å²) < 4.78 is 0. The smallest absolute Gasteiger partial charge is 0.307 e. The van der Waals surface area contributed by atoms with E-state index in [1.165, 1.54) is 24.5 Å². The number of benzene rings is 1. The van der Waals surface area contributed by atoms with Crippen molar-refractivity contribution < 1.29 is 9.59 Å². The van der Waals surface area contributed by atoms with Crippen molar-refractivity contribution in [1.82, 2.24) is 5.32 Å². The van der Waals surface area contributed by atoms with Crippen LogP contribution in [0, 0.1) is 0 Å². The quantitative estimate of drug-likeness (QED) is 0.819.